The van der Waals surface area contributed by atoms with Crippen LogP contribution in [0.1, 0.15) is 23.2 Å². The van der Waals surface area contributed by atoms with E-state index in [1.165, 1.54) is 0 Å². The van der Waals surface area contributed by atoms with Gasteiger partial charge in [0, 0.05) is 12.8 Å². The molecule has 0 spiro atoms. The van der Waals surface area contributed by atoms with E-state index in [1.54, 1.807) is 30.3 Å². The van der Waals surface area contributed by atoms with Crippen LogP contribution in [0.4, 0.5) is 0 Å². The van der Waals surface area contributed by atoms with Gasteiger partial charge in [-0.05, 0) is 12.1 Å². The predicted octanol–water partition coefficient (Wildman–Crippen LogP) is 2.81. The average molecular weight is 214 g/mol. The lowest BCUT2D eigenvalue weighted by Crippen LogP contribution is -2.05. The van der Waals surface area contributed by atoms with Crippen LogP contribution < -0.4 is 0 Å². The van der Waals surface area contributed by atoms with Crippen molar-refractivity contribution >= 4 is 5.97 Å². The highest BCUT2D eigenvalue weighted by molar-refractivity contribution is 5.89. The lowest BCUT2D eigenvalue weighted by Gasteiger charge is -2.01. The van der Waals surface area contributed by atoms with Crippen LogP contribution in [-0.4, -0.2) is 12.6 Å². The molecule has 2 heteroatoms. The smallest absolute Gasteiger partial charge is 0.338 e. The molecule has 0 saturated heterocycles. The molecule has 0 fully saturated rings. The maximum atomic E-state index is 11.4. The van der Waals surface area contributed by atoms with Crippen molar-refractivity contribution in [1.82, 2.24) is 0 Å². The summed E-state index contributed by atoms with van der Waals surface area (Å²) in [5, 5.41) is 0. The van der Waals surface area contributed by atoms with Crippen LogP contribution in [0.15, 0.2) is 43.0 Å². The second kappa shape index (κ2) is 7.30. The number of benzene rings is 1. The highest BCUT2D eigenvalue weighted by Gasteiger charge is 2.03. The van der Waals surface area contributed by atoms with Crippen LogP contribution in [0.25, 0.3) is 0 Å². The standard InChI is InChI=1S/C14H14O2/c1-2-3-4-5-9-12-16-14(15)13-10-7-6-8-11-13/h2,6-8,10-11H,1,3,9,12H2. The van der Waals surface area contributed by atoms with Gasteiger partial charge >= 0.3 is 5.97 Å². The molecule has 0 aliphatic heterocycles. The zero-order valence-electron chi connectivity index (χ0n) is 9.11. The zero-order valence-corrected chi connectivity index (χ0v) is 9.11. The topological polar surface area (TPSA) is 26.3 Å². The minimum absolute atomic E-state index is 0.300. The second-order valence-electron chi connectivity index (χ2n) is 3.10. The Kier molecular flexibility index (Phi) is 5.51. The average Bonchev–Trinajstić information content (AvgIpc) is 2.34. The Bertz CT molecular complexity index is 396. The molecule has 0 N–H and O–H groups in total. The van der Waals surface area contributed by atoms with Gasteiger partial charge in [0.2, 0.25) is 0 Å². The Morgan fingerprint density at radius 1 is 1.31 bits per heavy atom. The third-order valence-corrected chi connectivity index (χ3v) is 1.84. The fourth-order valence-electron chi connectivity index (χ4n) is 1.09. The van der Waals surface area contributed by atoms with Crippen molar-refractivity contribution in [3.8, 4) is 11.8 Å². The molecule has 16 heavy (non-hydrogen) atoms. The summed E-state index contributed by atoms with van der Waals surface area (Å²) in [7, 11) is 0. The number of allylic oxidation sites excluding steroid dienone is 1. The number of hydrogen-bond acceptors (Lipinski definition) is 2. The van der Waals surface area contributed by atoms with E-state index in [9.17, 15) is 4.79 Å². The summed E-state index contributed by atoms with van der Waals surface area (Å²) in [6.45, 7) is 3.89. The molecule has 0 aliphatic rings. The molecule has 1 aromatic rings. The van der Waals surface area contributed by atoms with Crippen molar-refractivity contribution in [2.75, 3.05) is 6.61 Å². The SMILES string of the molecule is C=CCC#CCCOC(=O)c1ccccc1. The van der Waals surface area contributed by atoms with Crippen LogP contribution in [0, 0.1) is 11.8 Å². The third-order valence-electron chi connectivity index (χ3n) is 1.84. The summed E-state index contributed by atoms with van der Waals surface area (Å²) in [5.74, 6) is 5.48. The second-order valence-corrected chi connectivity index (χ2v) is 3.10. The Morgan fingerprint density at radius 3 is 2.75 bits per heavy atom. The number of carbonyl (C=O) groups is 1. The summed E-state index contributed by atoms with van der Waals surface area (Å²) in [5.41, 5.74) is 0.571. The van der Waals surface area contributed by atoms with E-state index in [-0.39, 0.29) is 5.97 Å². The molecular formula is C14H14O2. The Hall–Kier alpha value is -2.01. The highest BCUT2D eigenvalue weighted by Crippen LogP contribution is 2.00. The van der Waals surface area contributed by atoms with E-state index >= 15 is 0 Å². The van der Waals surface area contributed by atoms with Crippen LogP contribution in [-0.2, 0) is 4.74 Å². The van der Waals surface area contributed by atoms with Gasteiger partial charge in [0.15, 0.2) is 0 Å². The Labute approximate surface area is 95.9 Å². The molecule has 0 bridgehead atoms. The number of carbonyl (C=O) groups excluding carboxylic acids is 1. The fourth-order valence-corrected chi connectivity index (χ4v) is 1.09. The van der Waals surface area contributed by atoms with Gasteiger partial charge in [-0.25, -0.2) is 4.79 Å². The molecule has 0 aromatic heterocycles. The zero-order chi connectivity index (χ0) is 11.6. The molecular weight excluding hydrogens is 200 g/mol. The van der Waals surface area contributed by atoms with Gasteiger partial charge in [0.1, 0.15) is 6.61 Å². The predicted molar refractivity (Wildman–Crippen MR) is 63.9 cm³/mol. The van der Waals surface area contributed by atoms with E-state index in [4.69, 9.17) is 4.74 Å². The minimum atomic E-state index is -0.300. The summed E-state index contributed by atoms with van der Waals surface area (Å²) in [6.07, 6.45) is 2.97. The first kappa shape index (κ1) is 12.1. The molecule has 0 atom stereocenters. The molecule has 2 nitrogen and oxygen atoms in total. The molecule has 0 amide bonds. The molecule has 0 saturated carbocycles. The van der Waals surface area contributed by atoms with Crippen molar-refractivity contribution < 1.29 is 9.53 Å². The Morgan fingerprint density at radius 2 is 2.06 bits per heavy atom. The maximum Gasteiger partial charge on any atom is 0.338 e. The lowest BCUT2D eigenvalue weighted by molar-refractivity contribution is 0.0513. The van der Waals surface area contributed by atoms with Crippen molar-refractivity contribution in [1.29, 1.82) is 0 Å². The van der Waals surface area contributed by atoms with Gasteiger partial charge in [-0.15, -0.1) is 6.58 Å². The normalized spacial score (nSPS) is 8.75. The van der Waals surface area contributed by atoms with Gasteiger partial charge in [0.05, 0.1) is 5.56 Å². The molecule has 1 aromatic carbocycles. The first-order chi connectivity index (χ1) is 7.84. The minimum Gasteiger partial charge on any atom is -0.461 e. The van der Waals surface area contributed by atoms with E-state index in [0.717, 1.165) is 0 Å². The van der Waals surface area contributed by atoms with Crippen LogP contribution >= 0.6 is 0 Å². The Balaban J connectivity index is 2.27. The molecule has 1 rings (SSSR count). The molecule has 0 heterocycles. The van der Waals surface area contributed by atoms with E-state index in [0.29, 0.717) is 25.0 Å². The quantitative estimate of drug-likeness (QED) is 0.333. The van der Waals surface area contributed by atoms with Gasteiger partial charge < -0.3 is 4.74 Å². The lowest BCUT2D eigenvalue weighted by atomic mass is 10.2. The summed E-state index contributed by atoms with van der Waals surface area (Å²) < 4.78 is 5.04. The van der Waals surface area contributed by atoms with Gasteiger partial charge in [0.25, 0.3) is 0 Å². The molecule has 82 valence electrons. The van der Waals surface area contributed by atoms with E-state index in [1.807, 2.05) is 6.07 Å². The first-order valence-electron chi connectivity index (χ1n) is 5.13. The highest BCUT2D eigenvalue weighted by atomic mass is 16.5. The number of ether oxygens (including phenoxy) is 1. The fraction of sp³-hybridized carbons (Fsp3) is 0.214. The van der Waals surface area contributed by atoms with Crippen molar-refractivity contribution in [2.24, 2.45) is 0 Å². The maximum absolute atomic E-state index is 11.4. The number of rotatable bonds is 4. The first-order valence-corrected chi connectivity index (χ1v) is 5.13. The monoisotopic (exact) mass is 214 g/mol. The molecule has 0 aliphatic carbocycles. The summed E-state index contributed by atoms with van der Waals surface area (Å²) in [6, 6.07) is 8.93. The van der Waals surface area contributed by atoms with Gasteiger partial charge in [-0.2, -0.15) is 0 Å². The van der Waals surface area contributed by atoms with E-state index in [2.05, 4.69) is 18.4 Å². The van der Waals surface area contributed by atoms with Crippen molar-refractivity contribution in [3.05, 3.63) is 48.6 Å². The van der Waals surface area contributed by atoms with Crippen LogP contribution in [0.5, 0.6) is 0 Å². The van der Waals surface area contributed by atoms with E-state index < -0.39 is 0 Å². The summed E-state index contributed by atoms with van der Waals surface area (Å²) >= 11 is 0. The molecule has 0 unspecified atom stereocenters. The van der Waals surface area contributed by atoms with Crippen LogP contribution in [0.3, 0.4) is 0 Å². The number of esters is 1. The van der Waals surface area contributed by atoms with Crippen LogP contribution in [0.2, 0.25) is 0 Å². The largest absolute Gasteiger partial charge is 0.461 e. The number of hydrogen-bond donors (Lipinski definition) is 0. The van der Waals surface area contributed by atoms with Gasteiger partial charge in [-0.1, -0.05) is 36.1 Å². The third kappa shape index (κ3) is 4.47. The molecule has 0 radical (unpaired) electrons. The summed E-state index contributed by atoms with van der Waals surface area (Å²) in [4.78, 5) is 11.4. The van der Waals surface area contributed by atoms with Crippen molar-refractivity contribution in [3.63, 3.8) is 0 Å². The van der Waals surface area contributed by atoms with Gasteiger partial charge in [-0.3, -0.25) is 0 Å². The van der Waals surface area contributed by atoms with Crippen molar-refractivity contribution in [2.45, 2.75) is 12.8 Å².